The number of aryl methyl sites for hydroxylation is 1. The third-order valence-electron chi connectivity index (χ3n) is 3.04. The van der Waals surface area contributed by atoms with E-state index >= 15 is 0 Å². The Morgan fingerprint density at radius 1 is 1.25 bits per heavy atom. The van der Waals surface area contributed by atoms with E-state index in [2.05, 4.69) is 24.4 Å². The van der Waals surface area contributed by atoms with Gasteiger partial charge in [-0.15, -0.1) is 0 Å². The van der Waals surface area contributed by atoms with Gasteiger partial charge in [0.15, 0.2) is 0 Å². The lowest BCUT2D eigenvalue weighted by atomic mass is 10.1. The molecule has 0 aliphatic carbocycles. The van der Waals surface area contributed by atoms with Crippen LogP contribution in [0.5, 0.6) is 0 Å². The highest BCUT2D eigenvalue weighted by Crippen LogP contribution is 2.10. The van der Waals surface area contributed by atoms with Crippen molar-refractivity contribution in [2.45, 2.75) is 26.1 Å². The second-order valence-electron chi connectivity index (χ2n) is 4.68. The van der Waals surface area contributed by atoms with E-state index < -0.39 is 6.10 Å². The van der Waals surface area contributed by atoms with Crippen molar-refractivity contribution in [1.82, 2.24) is 0 Å². The SMILES string of the molecule is CCc1ccc(NCC(O)COCc2ccco2)cc1. The molecule has 4 nitrogen and oxygen atoms in total. The molecule has 0 saturated heterocycles. The predicted octanol–water partition coefficient (Wildman–Crippen LogP) is 2.83. The van der Waals surface area contributed by atoms with Crippen molar-refractivity contribution in [1.29, 1.82) is 0 Å². The molecule has 0 aliphatic heterocycles. The minimum absolute atomic E-state index is 0.279. The first kappa shape index (κ1) is 14.6. The number of anilines is 1. The van der Waals surface area contributed by atoms with Gasteiger partial charge in [0.05, 0.1) is 19.0 Å². The molecule has 2 N–H and O–H groups in total. The molecular weight excluding hydrogens is 254 g/mol. The normalized spacial score (nSPS) is 12.3. The highest BCUT2D eigenvalue weighted by molar-refractivity contribution is 5.44. The molecule has 1 aromatic heterocycles. The average molecular weight is 275 g/mol. The van der Waals surface area contributed by atoms with Gasteiger partial charge >= 0.3 is 0 Å². The van der Waals surface area contributed by atoms with E-state index in [4.69, 9.17) is 9.15 Å². The zero-order valence-electron chi connectivity index (χ0n) is 11.7. The van der Waals surface area contributed by atoms with Crippen LogP contribution in [0.2, 0.25) is 0 Å². The fourth-order valence-electron chi connectivity index (χ4n) is 1.84. The first-order chi connectivity index (χ1) is 9.78. The van der Waals surface area contributed by atoms with Crippen LogP contribution in [0.1, 0.15) is 18.2 Å². The second-order valence-corrected chi connectivity index (χ2v) is 4.68. The van der Waals surface area contributed by atoms with Gasteiger partial charge in [-0.3, -0.25) is 0 Å². The molecule has 1 unspecified atom stereocenters. The van der Waals surface area contributed by atoms with Crippen molar-refractivity contribution < 1.29 is 14.3 Å². The zero-order chi connectivity index (χ0) is 14.2. The first-order valence-corrected chi connectivity index (χ1v) is 6.89. The van der Waals surface area contributed by atoms with E-state index in [1.165, 1.54) is 5.56 Å². The Morgan fingerprint density at radius 2 is 2.05 bits per heavy atom. The van der Waals surface area contributed by atoms with Crippen molar-refractivity contribution in [3.05, 3.63) is 54.0 Å². The van der Waals surface area contributed by atoms with Gasteiger partial charge in [0, 0.05) is 12.2 Å². The summed E-state index contributed by atoms with van der Waals surface area (Å²) in [5.41, 5.74) is 2.31. The molecule has 0 amide bonds. The molecule has 2 aromatic rings. The summed E-state index contributed by atoms with van der Waals surface area (Å²) in [6.45, 7) is 3.25. The minimum atomic E-state index is -0.546. The summed E-state index contributed by atoms with van der Waals surface area (Å²) >= 11 is 0. The lowest BCUT2D eigenvalue weighted by Gasteiger charge is -2.13. The van der Waals surface area contributed by atoms with E-state index in [1.54, 1.807) is 6.26 Å². The molecule has 0 fully saturated rings. The maximum atomic E-state index is 9.82. The summed E-state index contributed by atoms with van der Waals surface area (Å²) in [5, 5.41) is 13.0. The molecule has 1 heterocycles. The highest BCUT2D eigenvalue weighted by Gasteiger charge is 2.05. The van der Waals surface area contributed by atoms with Crippen LogP contribution in [0, 0.1) is 0 Å². The van der Waals surface area contributed by atoms with Crippen LogP contribution < -0.4 is 5.32 Å². The summed E-state index contributed by atoms with van der Waals surface area (Å²) in [6, 6.07) is 11.9. The van der Waals surface area contributed by atoms with E-state index in [1.807, 2.05) is 24.3 Å². The van der Waals surface area contributed by atoms with E-state index in [9.17, 15) is 5.11 Å². The largest absolute Gasteiger partial charge is 0.467 e. The smallest absolute Gasteiger partial charge is 0.129 e. The summed E-state index contributed by atoms with van der Waals surface area (Å²) in [6.07, 6.45) is 2.09. The van der Waals surface area contributed by atoms with Crippen molar-refractivity contribution >= 4 is 5.69 Å². The standard InChI is InChI=1S/C16H21NO3/c1-2-13-5-7-14(8-6-13)17-10-15(18)11-19-12-16-4-3-9-20-16/h3-9,15,17-18H,2,10-12H2,1H3. The second kappa shape index (κ2) is 7.72. The van der Waals surface area contributed by atoms with Crippen LogP contribution in [-0.2, 0) is 17.8 Å². The van der Waals surface area contributed by atoms with Crippen LogP contribution >= 0.6 is 0 Å². The fourth-order valence-corrected chi connectivity index (χ4v) is 1.84. The molecule has 2 rings (SSSR count). The van der Waals surface area contributed by atoms with Gasteiger partial charge in [-0.05, 0) is 36.2 Å². The predicted molar refractivity (Wildman–Crippen MR) is 78.7 cm³/mol. The topological polar surface area (TPSA) is 54.6 Å². The molecule has 0 aliphatic rings. The number of hydrogen-bond acceptors (Lipinski definition) is 4. The molecule has 0 spiro atoms. The molecular formula is C16H21NO3. The van der Waals surface area contributed by atoms with Gasteiger partial charge in [0.2, 0.25) is 0 Å². The van der Waals surface area contributed by atoms with E-state index in [0.717, 1.165) is 17.9 Å². The molecule has 108 valence electrons. The molecule has 4 heteroatoms. The zero-order valence-corrected chi connectivity index (χ0v) is 11.7. The monoisotopic (exact) mass is 275 g/mol. The Balaban J connectivity index is 1.65. The maximum Gasteiger partial charge on any atom is 0.129 e. The first-order valence-electron chi connectivity index (χ1n) is 6.89. The highest BCUT2D eigenvalue weighted by atomic mass is 16.5. The van der Waals surface area contributed by atoms with Crippen LogP contribution in [0.15, 0.2) is 47.1 Å². The van der Waals surface area contributed by atoms with E-state index in [0.29, 0.717) is 13.2 Å². The Morgan fingerprint density at radius 3 is 2.70 bits per heavy atom. The van der Waals surface area contributed by atoms with Gasteiger partial charge in [0.1, 0.15) is 12.4 Å². The lowest BCUT2D eigenvalue weighted by Crippen LogP contribution is -2.24. The number of rotatable bonds is 8. The number of hydrogen-bond donors (Lipinski definition) is 2. The number of aliphatic hydroxyl groups is 1. The quantitative estimate of drug-likeness (QED) is 0.778. The van der Waals surface area contributed by atoms with Crippen LogP contribution in [0.3, 0.4) is 0 Å². The number of ether oxygens (including phenoxy) is 1. The Labute approximate surface area is 119 Å². The third-order valence-corrected chi connectivity index (χ3v) is 3.04. The summed E-state index contributed by atoms with van der Waals surface area (Å²) in [7, 11) is 0. The number of benzene rings is 1. The lowest BCUT2D eigenvalue weighted by molar-refractivity contribution is 0.0282. The van der Waals surface area contributed by atoms with Gasteiger partial charge in [0.25, 0.3) is 0 Å². The Kier molecular flexibility index (Phi) is 5.65. The van der Waals surface area contributed by atoms with E-state index in [-0.39, 0.29) is 6.61 Å². The number of furan rings is 1. The summed E-state index contributed by atoms with van der Waals surface area (Å²) < 4.78 is 10.5. The average Bonchev–Trinajstić information content (AvgIpc) is 2.99. The molecule has 1 aromatic carbocycles. The van der Waals surface area contributed by atoms with Crippen molar-refractivity contribution in [3.63, 3.8) is 0 Å². The summed E-state index contributed by atoms with van der Waals surface area (Å²) in [4.78, 5) is 0. The minimum Gasteiger partial charge on any atom is -0.467 e. The number of aliphatic hydroxyl groups excluding tert-OH is 1. The van der Waals surface area contributed by atoms with Crippen molar-refractivity contribution in [2.24, 2.45) is 0 Å². The number of nitrogens with one attached hydrogen (secondary N) is 1. The van der Waals surface area contributed by atoms with Crippen LogP contribution in [0.4, 0.5) is 5.69 Å². The van der Waals surface area contributed by atoms with Gasteiger partial charge in [-0.1, -0.05) is 19.1 Å². The van der Waals surface area contributed by atoms with Crippen molar-refractivity contribution in [2.75, 3.05) is 18.5 Å². The van der Waals surface area contributed by atoms with Crippen molar-refractivity contribution in [3.8, 4) is 0 Å². The van der Waals surface area contributed by atoms with Gasteiger partial charge < -0.3 is 19.6 Å². The molecule has 1 atom stereocenters. The molecule has 0 bridgehead atoms. The van der Waals surface area contributed by atoms with Crippen LogP contribution in [0.25, 0.3) is 0 Å². The maximum absolute atomic E-state index is 9.82. The fraction of sp³-hybridized carbons (Fsp3) is 0.375. The molecule has 20 heavy (non-hydrogen) atoms. The molecule has 0 radical (unpaired) electrons. The van der Waals surface area contributed by atoms with Crippen LogP contribution in [-0.4, -0.2) is 24.4 Å². The summed E-state index contributed by atoms with van der Waals surface area (Å²) in [5.74, 6) is 0.764. The molecule has 0 saturated carbocycles. The van der Waals surface area contributed by atoms with Gasteiger partial charge in [-0.2, -0.15) is 0 Å². The Bertz CT molecular complexity index is 479. The Hall–Kier alpha value is -1.78. The third kappa shape index (κ3) is 4.72. The van der Waals surface area contributed by atoms with Gasteiger partial charge in [-0.25, -0.2) is 0 Å².